The number of hydrogen-bond donors (Lipinski definition) is 0. The van der Waals surface area contributed by atoms with Gasteiger partial charge in [0, 0.05) is 6.04 Å². The normalized spacial score (nSPS) is 11.1. The second kappa shape index (κ2) is 3.70. The van der Waals surface area contributed by atoms with Crippen LogP contribution in [0.2, 0.25) is 0 Å². The molecular weight excluding hydrogens is 150 g/mol. The summed E-state index contributed by atoms with van der Waals surface area (Å²) in [6.45, 7) is 8.53. The highest BCUT2D eigenvalue weighted by Crippen LogP contribution is 2.12. The van der Waals surface area contributed by atoms with Gasteiger partial charge in [-0.3, -0.25) is 0 Å². The van der Waals surface area contributed by atoms with Crippen LogP contribution in [0.5, 0.6) is 0 Å². The Kier molecular flexibility index (Phi) is 2.84. The molecule has 3 nitrogen and oxygen atoms in total. The summed E-state index contributed by atoms with van der Waals surface area (Å²) < 4.78 is 2.01. The molecule has 0 unspecified atom stereocenters. The van der Waals surface area contributed by atoms with Crippen molar-refractivity contribution in [2.24, 2.45) is 0 Å². The molecule has 0 aliphatic rings. The van der Waals surface area contributed by atoms with E-state index in [2.05, 4.69) is 38.0 Å². The van der Waals surface area contributed by atoms with Crippen LogP contribution in [0.3, 0.4) is 0 Å². The molecule has 0 aromatic carbocycles. The molecular formula is C9H17N3. The molecule has 0 saturated carbocycles. The van der Waals surface area contributed by atoms with Crippen LogP contribution in [0.4, 0.5) is 0 Å². The van der Waals surface area contributed by atoms with Crippen molar-refractivity contribution in [3.8, 4) is 0 Å². The second-order valence-corrected chi connectivity index (χ2v) is 3.23. The lowest BCUT2D eigenvalue weighted by Crippen LogP contribution is -2.07. The molecule has 1 aromatic rings. The van der Waals surface area contributed by atoms with Crippen molar-refractivity contribution in [3.05, 3.63) is 11.4 Å². The van der Waals surface area contributed by atoms with Gasteiger partial charge in [-0.05, 0) is 26.7 Å². The van der Waals surface area contributed by atoms with E-state index in [0.29, 0.717) is 6.04 Å². The van der Waals surface area contributed by atoms with Crippen molar-refractivity contribution >= 4 is 0 Å². The summed E-state index contributed by atoms with van der Waals surface area (Å²) in [4.78, 5) is 0. The maximum atomic E-state index is 4.14. The van der Waals surface area contributed by atoms with Gasteiger partial charge in [0.15, 0.2) is 0 Å². The van der Waals surface area contributed by atoms with Gasteiger partial charge >= 0.3 is 0 Å². The zero-order chi connectivity index (χ0) is 9.14. The molecule has 12 heavy (non-hydrogen) atoms. The molecule has 0 fully saturated rings. The zero-order valence-electron chi connectivity index (χ0n) is 8.33. The molecule has 0 spiro atoms. The zero-order valence-corrected chi connectivity index (χ0v) is 8.33. The molecule has 0 atom stereocenters. The topological polar surface area (TPSA) is 30.7 Å². The van der Waals surface area contributed by atoms with Gasteiger partial charge in [0.25, 0.3) is 0 Å². The molecule has 0 aliphatic carbocycles. The van der Waals surface area contributed by atoms with Crippen molar-refractivity contribution in [2.45, 2.75) is 46.6 Å². The van der Waals surface area contributed by atoms with E-state index in [1.165, 1.54) is 5.69 Å². The van der Waals surface area contributed by atoms with Gasteiger partial charge in [-0.2, -0.15) is 0 Å². The van der Waals surface area contributed by atoms with Crippen LogP contribution >= 0.6 is 0 Å². The minimum absolute atomic E-state index is 0.424. The minimum atomic E-state index is 0.424. The van der Waals surface area contributed by atoms with Crippen LogP contribution in [-0.2, 0) is 12.8 Å². The van der Waals surface area contributed by atoms with Gasteiger partial charge in [-0.25, -0.2) is 4.68 Å². The predicted octanol–water partition coefficient (Wildman–Crippen LogP) is 1.98. The van der Waals surface area contributed by atoms with Gasteiger partial charge in [0.05, 0.1) is 11.4 Å². The first-order valence-corrected chi connectivity index (χ1v) is 4.63. The summed E-state index contributed by atoms with van der Waals surface area (Å²) in [6, 6.07) is 0.424. The average molecular weight is 167 g/mol. The fraction of sp³-hybridized carbons (Fsp3) is 0.778. The van der Waals surface area contributed by atoms with Gasteiger partial charge in [-0.1, -0.05) is 19.1 Å². The molecule has 1 heterocycles. The molecule has 68 valence electrons. The first-order valence-electron chi connectivity index (χ1n) is 4.63. The Morgan fingerprint density at radius 2 is 1.92 bits per heavy atom. The van der Waals surface area contributed by atoms with Gasteiger partial charge in [0.1, 0.15) is 0 Å². The van der Waals surface area contributed by atoms with E-state index in [9.17, 15) is 0 Å². The van der Waals surface area contributed by atoms with Crippen LogP contribution in [0, 0.1) is 0 Å². The summed E-state index contributed by atoms with van der Waals surface area (Å²) in [7, 11) is 0. The Labute approximate surface area is 73.8 Å². The predicted molar refractivity (Wildman–Crippen MR) is 49.2 cm³/mol. The Hall–Kier alpha value is -0.860. The quantitative estimate of drug-likeness (QED) is 0.689. The maximum Gasteiger partial charge on any atom is 0.0856 e. The summed E-state index contributed by atoms with van der Waals surface area (Å²) in [6.07, 6.45) is 2.00. The maximum absolute atomic E-state index is 4.14. The van der Waals surface area contributed by atoms with Crippen LogP contribution in [0.25, 0.3) is 0 Å². The van der Waals surface area contributed by atoms with Gasteiger partial charge in [-0.15, -0.1) is 5.10 Å². The number of aromatic nitrogens is 3. The molecule has 0 saturated heterocycles. The Morgan fingerprint density at radius 1 is 1.25 bits per heavy atom. The Bertz CT molecular complexity index is 250. The van der Waals surface area contributed by atoms with Gasteiger partial charge < -0.3 is 0 Å². The SMILES string of the molecule is CCc1nnn(C(C)C)c1CC. The fourth-order valence-electron chi connectivity index (χ4n) is 1.40. The van der Waals surface area contributed by atoms with E-state index in [4.69, 9.17) is 0 Å². The smallest absolute Gasteiger partial charge is 0.0856 e. The van der Waals surface area contributed by atoms with E-state index in [0.717, 1.165) is 18.5 Å². The number of nitrogens with zero attached hydrogens (tertiary/aromatic N) is 3. The van der Waals surface area contributed by atoms with Crippen molar-refractivity contribution < 1.29 is 0 Å². The standard InChI is InChI=1S/C9H17N3/c1-5-8-9(6-2)12(7(3)4)11-10-8/h7H,5-6H2,1-4H3. The van der Waals surface area contributed by atoms with E-state index in [1.54, 1.807) is 0 Å². The van der Waals surface area contributed by atoms with Crippen LogP contribution in [0.15, 0.2) is 0 Å². The summed E-state index contributed by atoms with van der Waals surface area (Å²) >= 11 is 0. The Balaban J connectivity index is 3.05. The van der Waals surface area contributed by atoms with Crippen molar-refractivity contribution in [2.75, 3.05) is 0 Å². The first kappa shape index (κ1) is 9.23. The van der Waals surface area contributed by atoms with Crippen LogP contribution < -0.4 is 0 Å². The monoisotopic (exact) mass is 167 g/mol. The van der Waals surface area contributed by atoms with Crippen molar-refractivity contribution in [3.63, 3.8) is 0 Å². The minimum Gasteiger partial charge on any atom is -0.247 e. The first-order chi connectivity index (χ1) is 5.70. The largest absolute Gasteiger partial charge is 0.247 e. The molecule has 0 N–H and O–H groups in total. The third-order valence-electron chi connectivity index (χ3n) is 2.03. The van der Waals surface area contributed by atoms with E-state index < -0.39 is 0 Å². The molecule has 1 aromatic heterocycles. The highest BCUT2D eigenvalue weighted by atomic mass is 15.4. The van der Waals surface area contributed by atoms with Crippen LogP contribution in [0.1, 0.15) is 45.1 Å². The third-order valence-corrected chi connectivity index (χ3v) is 2.03. The molecule has 3 heteroatoms. The van der Waals surface area contributed by atoms with Gasteiger partial charge in [0.2, 0.25) is 0 Å². The number of hydrogen-bond acceptors (Lipinski definition) is 2. The van der Waals surface area contributed by atoms with Crippen molar-refractivity contribution in [1.29, 1.82) is 0 Å². The lowest BCUT2D eigenvalue weighted by atomic mass is 10.2. The number of aryl methyl sites for hydroxylation is 1. The average Bonchev–Trinajstić information content (AvgIpc) is 2.46. The molecule has 0 bridgehead atoms. The Morgan fingerprint density at radius 3 is 2.33 bits per heavy atom. The second-order valence-electron chi connectivity index (χ2n) is 3.23. The summed E-state index contributed by atoms with van der Waals surface area (Å²) in [5.41, 5.74) is 2.43. The lowest BCUT2D eigenvalue weighted by Gasteiger charge is -2.08. The molecule has 0 aliphatic heterocycles. The van der Waals surface area contributed by atoms with Crippen molar-refractivity contribution in [1.82, 2.24) is 15.0 Å². The molecule has 0 amide bonds. The molecule has 0 radical (unpaired) electrons. The molecule has 1 rings (SSSR count). The van der Waals surface area contributed by atoms with E-state index in [-0.39, 0.29) is 0 Å². The fourth-order valence-corrected chi connectivity index (χ4v) is 1.40. The highest BCUT2D eigenvalue weighted by Gasteiger charge is 2.10. The van der Waals surface area contributed by atoms with E-state index in [1.807, 2.05) is 4.68 Å². The summed E-state index contributed by atoms with van der Waals surface area (Å²) in [5.74, 6) is 0. The van der Waals surface area contributed by atoms with Crippen LogP contribution in [-0.4, -0.2) is 15.0 Å². The highest BCUT2D eigenvalue weighted by molar-refractivity contribution is 5.10. The third kappa shape index (κ3) is 1.49. The summed E-state index contributed by atoms with van der Waals surface area (Å²) in [5, 5.41) is 8.26. The van der Waals surface area contributed by atoms with E-state index >= 15 is 0 Å². The number of rotatable bonds is 3. The lowest BCUT2D eigenvalue weighted by molar-refractivity contribution is 0.496.